The van der Waals surface area contributed by atoms with Crippen molar-refractivity contribution in [2.24, 2.45) is 0 Å². The lowest BCUT2D eigenvalue weighted by atomic mass is 9.96. The summed E-state index contributed by atoms with van der Waals surface area (Å²) in [6, 6.07) is 0. The van der Waals surface area contributed by atoms with Crippen LogP contribution < -0.4 is 15.3 Å². The maximum absolute atomic E-state index is 10.1. The molecule has 14 heteroatoms. The summed E-state index contributed by atoms with van der Waals surface area (Å²) >= 11 is 0. The van der Waals surface area contributed by atoms with Gasteiger partial charge in [-0.1, -0.05) is 0 Å². The van der Waals surface area contributed by atoms with Crippen molar-refractivity contribution in [3.05, 3.63) is 0 Å². The summed E-state index contributed by atoms with van der Waals surface area (Å²) in [5.41, 5.74) is -2.97. The third-order valence-corrected chi connectivity index (χ3v) is 3.57. The van der Waals surface area contributed by atoms with Crippen molar-refractivity contribution >= 4 is 17.9 Å². The van der Waals surface area contributed by atoms with Crippen LogP contribution in [0.25, 0.3) is 0 Å². The fraction of sp³-hybridized carbons (Fsp3) is 0.857. The summed E-state index contributed by atoms with van der Waals surface area (Å²) in [6.45, 7) is 3.34. The monoisotopic (exact) mass is 519 g/mol. The molecule has 0 aliphatic heterocycles. The van der Waals surface area contributed by atoms with Gasteiger partial charge in [-0.05, 0) is 0 Å². The number of carbonyl (C=O) groups is 3. The smallest absolute Gasteiger partial charge is 0.114 e. The average Bonchev–Trinajstić information content (AvgIpc) is 2.51. The van der Waals surface area contributed by atoms with E-state index in [4.69, 9.17) is 20.4 Å². The molecule has 35 heavy (non-hydrogen) atoms. The van der Waals surface area contributed by atoms with E-state index in [0.29, 0.717) is 0 Å². The molecule has 214 valence electrons. The van der Waals surface area contributed by atoms with Gasteiger partial charge in [0.2, 0.25) is 0 Å². The average molecular weight is 520 g/mol. The molecule has 0 bridgehead atoms. The predicted molar refractivity (Wildman–Crippen MR) is 123 cm³/mol. The highest BCUT2D eigenvalue weighted by molar-refractivity contribution is 5.86. The zero-order chi connectivity index (χ0) is 28.4. The van der Waals surface area contributed by atoms with Crippen molar-refractivity contribution in [3.63, 3.8) is 0 Å². The number of quaternary nitrogens is 3. The molecule has 0 saturated carbocycles. The quantitative estimate of drug-likeness (QED) is 0.188. The first-order valence-electron chi connectivity index (χ1n) is 10.5. The fourth-order valence-corrected chi connectivity index (χ4v) is 1.58. The summed E-state index contributed by atoms with van der Waals surface area (Å²) in [4.78, 5) is 30.0. The minimum absolute atomic E-state index is 0. The third kappa shape index (κ3) is 42.7. The van der Waals surface area contributed by atoms with Gasteiger partial charge < -0.3 is 69.1 Å². The van der Waals surface area contributed by atoms with E-state index in [9.17, 15) is 29.7 Å². The number of aliphatic hydroxyl groups is 4. The summed E-state index contributed by atoms with van der Waals surface area (Å²) < 4.78 is 2.53. The molecule has 0 aliphatic carbocycles. The van der Waals surface area contributed by atoms with Crippen LogP contribution in [0.4, 0.5) is 0 Å². The molecular weight excluding hydrogens is 470 g/mol. The van der Waals surface area contributed by atoms with Crippen LogP contribution in [0.2, 0.25) is 0 Å². The Morgan fingerprint density at radius 3 is 0.857 bits per heavy atom. The lowest BCUT2D eigenvalue weighted by Crippen LogP contribution is -2.54. The normalized spacial score (nSPS) is 11.2. The highest BCUT2D eigenvalue weighted by atomic mass is 16.4. The summed E-state index contributed by atoms with van der Waals surface area (Å²) in [6.07, 6.45) is -2.72. The van der Waals surface area contributed by atoms with Gasteiger partial charge in [-0.2, -0.15) is 0 Å². The van der Waals surface area contributed by atoms with Gasteiger partial charge in [-0.25, -0.2) is 0 Å². The number of aliphatic hydroxyl groups excluding tert-OH is 3. The van der Waals surface area contributed by atoms with E-state index in [1.165, 1.54) is 0 Å². The number of carboxylic acids is 3. The van der Waals surface area contributed by atoms with Gasteiger partial charge in [0.15, 0.2) is 0 Å². The van der Waals surface area contributed by atoms with E-state index in [1.54, 1.807) is 0 Å². The van der Waals surface area contributed by atoms with Gasteiger partial charge in [0.1, 0.15) is 25.2 Å². The molecular formula is C21H49N3O11. The van der Waals surface area contributed by atoms with Crippen molar-refractivity contribution in [3.8, 4) is 0 Å². The second kappa shape index (κ2) is 20.3. The van der Waals surface area contributed by atoms with Crippen molar-refractivity contribution in [2.75, 3.05) is 103 Å². The molecule has 0 atom stereocenters. The van der Waals surface area contributed by atoms with Crippen LogP contribution in [0, 0.1) is 0 Å². The van der Waals surface area contributed by atoms with E-state index < -0.39 is 36.4 Å². The first kappa shape index (κ1) is 43.2. The molecule has 0 saturated heterocycles. The SMILES string of the molecule is C[N+](C)(C)CCO.C[N+](C)(C)CCO.C[N+](C)(C)CCO.O.O=C([O-])CC(O)(CC(=O)[O-])C(=O)[O-]. The lowest BCUT2D eigenvalue weighted by molar-refractivity contribution is -0.870. The zero-order valence-electron chi connectivity index (χ0n) is 22.7. The van der Waals surface area contributed by atoms with Crippen LogP contribution in [0.5, 0.6) is 0 Å². The number of hydrogen-bond donors (Lipinski definition) is 4. The van der Waals surface area contributed by atoms with Gasteiger partial charge in [0.25, 0.3) is 0 Å². The number of aliphatic carboxylic acids is 3. The van der Waals surface area contributed by atoms with E-state index in [0.717, 1.165) is 33.1 Å². The standard InChI is InChI=1S/C6H8O7.3C5H14NO.H2O/c7-3(8)1-6(13,5(11)12)2-4(9)10;3*1-6(2,3)4-5-7;/h13H,1-2H2,(H,7,8)(H,9,10)(H,11,12);3*7H,4-5H2,1-3H3;1H2/q;3*+1;/p-3. The predicted octanol–water partition coefficient (Wildman–Crippen LogP) is -7.02. The Balaban J connectivity index is -0.000000119. The zero-order valence-corrected chi connectivity index (χ0v) is 22.7. The first-order valence-corrected chi connectivity index (χ1v) is 10.5. The van der Waals surface area contributed by atoms with Crippen molar-refractivity contribution in [1.29, 1.82) is 0 Å². The summed E-state index contributed by atoms with van der Waals surface area (Å²) in [5, 5.41) is 64.1. The van der Waals surface area contributed by atoms with Gasteiger partial charge in [0.05, 0.1) is 89.2 Å². The van der Waals surface area contributed by atoms with E-state index >= 15 is 0 Å². The highest BCUT2D eigenvalue weighted by Crippen LogP contribution is 2.13. The maximum atomic E-state index is 10.1. The maximum Gasteiger partial charge on any atom is 0.114 e. The van der Waals surface area contributed by atoms with Gasteiger partial charge in [-0.15, -0.1) is 0 Å². The third-order valence-electron chi connectivity index (χ3n) is 3.57. The van der Waals surface area contributed by atoms with Gasteiger partial charge >= 0.3 is 0 Å². The number of carbonyl (C=O) groups excluding carboxylic acids is 3. The molecule has 0 amide bonds. The molecule has 0 fully saturated rings. The molecule has 14 nitrogen and oxygen atoms in total. The molecule has 0 aromatic heterocycles. The van der Waals surface area contributed by atoms with Crippen LogP contribution in [-0.4, -0.2) is 166 Å². The number of rotatable bonds is 11. The fourth-order valence-electron chi connectivity index (χ4n) is 1.58. The minimum Gasteiger partial charge on any atom is -0.550 e. The number of nitrogens with zero attached hydrogens (tertiary/aromatic N) is 3. The minimum atomic E-state index is -2.97. The molecule has 0 aromatic rings. The van der Waals surface area contributed by atoms with Crippen LogP contribution in [0.1, 0.15) is 12.8 Å². The Hall–Kier alpha value is -1.91. The van der Waals surface area contributed by atoms with Crippen molar-refractivity contribution in [1.82, 2.24) is 0 Å². The molecule has 0 radical (unpaired) electrons. The summed E-state index contributed by atoms with van der Waals surface area (Å²) in [7, 11) is 18.5. The van der Waals surface area contributed by atoms with E-state index in [2.05, 4.69) is 63.4 Å². The molecule has 0 heterocycles. The number of hydrogen-bond acceptors (Lipinski definition) is 10. The van der Waals surface area contributed by atoms with Gasteiger partial charge in [-0.3, -0.25) is 0 Å². The Bertz CT molecular complexity index is 512. The number of carboxylic acid groups (broad SMARTS) is 3. The Morgan fingerprint density at radius 1 is 0.600 bits per heavy atom. The molecule has 0 rings (SSSR count). The van der Waals surface area contributed by atoms with Crippen LogP contribution in [-0.2, 0) is 14.4 Å². The van der Waals surface area contributed by atoms with Gasteiger partial charge in [0, 0.05) is 24.8 Å². The van der Waals surface area contributed by atoms with Crippen LogP contribution in [0.15, 0.2) is 0 Å². The second-order valence-electron chi connectivity index (χ2n) is 10.6. The molecule has 0 unspecified atom stereocenters. The van der Waals surface area contributed by atoms with Crippen LogP contribution in [0.3, 0.4) is 0 Å². The molecule has 0 spiro atoms. The largest absolute Gasteiger partial charge is 0.550 e. The van der Waals surface area contributed by atoms with E-state index in [1.807, 2.05) is 0 Å². The number of likely N-dealkylation sites (N-methyl/N-ethyl adjacent to an activating group) is 3. The van der Waals surface area contributed by atoms with Crippen molar-refractivity contribution in [2.45, 2.75) is 18.4 Å². The van der Waals surface area contributed by atoms with Crippen molar-refractivity contribution < 1.29 is 69.1 Å². The van der Waals surface area contributed by atoms with E-state index in [-0.39, 0.29) is 25.3 Å². The Morgan fingerprint density at radius 2 is 0.800 bits per heavy atom. The first-order chi connectivity index (χ1) is 15.0. The van der Waals surface area contributed by atoms with Crippen LogP contribution >= 0.6 is 0 Å². The molecule has 6 N–H and O–H groups in total. The lowest BCUT2D eigenvalue weighted by Gasteiger charge is -2.29. The highest BCUT2D eigenvalue weighted by Gasteiger charge is 2.29. The molecule has 0 aliphatic rings. The Labute approximate surface area is 208 Å². The topological polar surface area (TPSA) is 233 Å². The second-order valence-corrected chi connectivity index (χ2v) is 10.6. The summed E-state index contributed by atoms with van der Waals surface area (Å²) in [5.74, 6) is -5.98. The molecule has 0 aromatic carbocycles. The Kier molecular flexibility index (Phi) is 25.0.